The van der Waals surface area contributed by atoms with E-state index >= 15 is 0 Å². The number of benzene rings is 3. The SMILES string of the molecule is C1CCC(P(C2CCCCC2)C2CCCCC2)CC1.OC(Cn1c(-c2ccccc2)c(-c2ccccc2)n(CC(O)(C(F)(F)F)C(F)(F)F)[c]1=[Ru]=[CH]c1ccccc1)(C(F)(F)F)C(F)(F)F. The Bertz CT molecular complexity index is 2080. The molecule has 1 heterocycles. The summed E-state index contributed by atoms with van der Waals surface area (Å²) in [5, 5.41) is 20.6. The molecule has 0 spiro atoms. The Morgan fingerprint density at radius 3 is 1.03 bits per heavy atom. The van der Waals surface area contributed by atoms with Gasteiger partial charge in [-0.05, 0) is 55.5 Å². The Kier molecular flexibility index (Phi) is 17.2. The number of aliphatic hydroxyl groups is 2. The molecule has 0 aliphatic heterocycles. The molecule has 0 bridgehead atoms. The molecule has 3 aliphatic rings. The van der Waals surface area contributed by atoms with Crippen molar-refractivity contribution >= 4 is 12.5 Å². The third-order valence-corrected chi connectivity index (χ3v) is 19.3. The predicted octanol–water partition coefficient (Wildman–Crippen LogP) is 14.3. The molecular weight excluding hydrogens is 997 g/mol. The first kappa shape index (κ1) is 52.2. The molecule has 66 heavy (non-hydrogen) atoms. The van der Waals surface area contributed by atoms with Gasteiger partial charge in [-0.15, -0.1) is 0 Å². The van der Waals surface area contributed by atoms with Crippen molar-refractivity contribution in [1.82, 2.24) is 9.13 Å². The van der Waals surface area contributed by atoms with E-state index in [2.05, 4.69) is 0 Å². The molecule has 1 aromatic heterocycles. The van der Waals surface area contributed by atoms with Gasteiger partial charge in [0.2, 0.25) is 0 Å². The fraction of sp³-hybridized carbons (Fsp3) is 0.542. The van der Waals surface area contributed by atoms with Gasteiger partial charge in [-0.2, -0.15) is 0 Å². The van der Waals surface area contributed by atoms with Crippen LogP contribution in [0.2, 0.25) is 0 Å². The number of alkyl halides is 12. The molecule has 3 aromatic carbocycles. The Labute approximate surface area is 384 Å². The van der Waals surface area contributed by atoms with Gasteiger partial charge in [0, 0.05) is 0 Å². The van der Waals surface area contributed by atoms with Crippen LogP contribution in [-0.4, -0.2) is 76.8 Å². The van der Waals surface area contributed by atoms with E-state index in [0.717, 1.165) is 0 Å². The van der Waals surface area contributed by atoms with Gasteiger partial charge in [0.1, 0.15) is 0 Å². The first-order valence-corrected chi connectivity index (χ1v) is 25.7. The fourth-order valence-electron chi connectivity index (χ4n) is 9.55. The molecule has 7 rings (SSSR count). The van der Waals surface area contributed by atoms with Crippen molar-refractivity contribution in [2.75, 3.05) is 0 Å². The van der Waals surface area contributed by atoms with E-state index in [0.29, 0.717) is 7.92 Å². The van der Waals surface area contributed by atoms with Gasteiger partial charge in [0.15, 0.2) is 0 Å². The summed E-state index contributed by atoms with van der Waals surface area (Å²) in [5.74, 6) is 0. The summed E-state index contributed by atoms with van der Waals surface area (Å²) in [6, 6.07) is 20.0. The Morgan fingerprint density at radius 1 is 0.455 bits per heavy atom. The zero-order valence-corrected chi connectivity index (χ0v) is 38.7. The van der Waals surface area contributed by atoms with Crippen LogP contribution in [0.1, 0.15) is 102 Å². The molecule has 3 aliphatic carbocycles. The Morgan fingerprint density at radius 2 is 0.742 bits per heavy atom. The average Bonchev–Trinajstić information content (AvgIpc) is 3.57. The Balaban J connectivity index is 0.000000312. The Hall–Kier alpha value is -3.13. The van der Waals surface area contributed by atoms with E-state index in [9.17, 15) is 62.9 Å². The number of hydrogen-bond donors (Lipinski definition) is 2. The molecular formula is C48H55F12N2O2PRu. The van der Waals surface area contributed by atoms with Crippen molar-refractivity contribution in [2.45, 2.75) is 162 Å². The third kappa shape index (κ3) is 11.8. The predicted molar refractivity (Wildman–Crippen MR) is 230 cm³/mol. The summed E-state index contributed by atoms with van der Waals surface area (Å²) in [6.45, 7) is -4.81. The molecule has 0 radical (unpaired) electrons. The molecule has 2 N–H and O–H groups in total. The van der Waals surface area contributed by atoms with Gasteiger partial charge in [-0.1, -0.05) is 65.7 Å². The number of hydrogen-bond acceptors (Lipinski definition) is 2. The molecule has 3 fully saturated rings. The van der Waals surface area contributed by atoms with E-state index in [-0.39, 0.29) is 25.8 Å². The van der Waals surface area contributed by atoms with Crippen LogP contribution >= 0.6 is 7.92 Å². The summed E-state index contributed by atoms with van der Waals surface area (Å²) in [6.07, 6.45) is -2.01. The number of halogens is 12. The van der Waals surface area contributed by atoms with Crippen LogP contribution in [0.3, 0.4) is 0 Å². The summed E-state index contributed by atoms with van der Waals surface area (Å²) < 4.78 is 170. The minimum atomic E-state index is -6.41. The van der Waals surface area contributed by atoms with Gasteiger partial charge in [0.05, 0.1) is 0 Å². The van der Waals surface area contributed by atoms with E-state index < -0.39 is 80.6 Å². The van der Waals surface area contributed by atoms with Gasteiger partial charge >= 0.3 is 265 Å². The van der Waals surface area contributed by atoms with Crippen molar-refractivity contribution in [3.8, 4) is 22.5 Å². The van der Waals surface area contributed by atoms with Crippen LogP contribution in [0, 0.1) is 4.01 Å². The quantitative estimate of drug-likeness (QED) is 0.0945. The molecule has 4 nitrogen and oxygen atoms in total. The number of rotatable bonds is 10. The van der Waals surface area contributed by atoms with Gasteiger partial charge < -0.3 is 0 Å². The fourth-order valence-corrected chi connectivity index (χ4v) is 16.3. The normalized spacial score (nSPS) is 18.0. The van der Waals surface area contributed by atoms with E-state index in [1.165, 1.54) is 126 Å². The minimum absolute atomic E-state index is 0.208. The van der Waals surface area contributed by atoms with Crippen LogP contribution in [-0.2, 0) is 29.3 Å². The van der Waals surface area contributed by atoms with E-state index in [4.69, 9.17) is 0 Å². The van der Waals surface area contributed by atoms with Crippen molar-refractivity contribution in [2.24, 2.45) is 0 Å². The first-order chi connectivity index (χ1) is 31.1. The molecule has 0 unspecified atom stereocenters. The molecule has 0 amide bonds. The summed E-state index contributed by atoms with van der Waals surface area (Å²) in [7, 11) is 0.385. The van der Waals surface area contributed by atoms with Crippen LogP contribution in [0.5, 0.6) is 0 Å². The van der Waals surface area contributed by atoms with Crippen molar-refractivity contribution in [3.05, 3.63) is 101 Å². The summed E-state index contributed by atoms with van der Waals surface area (Å²) >= 11 is -1.97. The standard InChI is InChI=1S/C23H16F12N2O2.C18H33P.C7H6.Ru/c24-20(25,26)18(38,21(27,28)29)11-36-13-37(12-19(39,22(30,31)32)23(33,34)35)17(15-9-5-2-6-10-15)16(36)14-7-3-1-4-8-14;1-4-10-16(11-5-1)19(17-12-6-2-7-13-17)18-14-8-3-9-15-18;1-7-5-3-2-4-6-7;/h1-10,38-39H,11-12H2;16-18H,1-15H2;1-6H;. The zero-order valence-electron chi connectivity index (χ0n) is 36.1. The van der Waals surface area contributed by atoms with Gasteiger partial charge in [-0.25, -0.2) is 0 Å². The van der Waals surface area contributed by atoms with E-state index in [1.807, 2.05) is 0 Å². The van der Waals surface area contributed by atoms with Crippen molar-refractivity contribution < 1.29 is 79.1 Å². The van der Waals surface area contributed by atoms with E-state index in [1.54, 1.807) is 83.1 Å². The van der Waals surface area contributed by atoms with Gasteiger partial charge in [0.25, 0.3) is 0 Å². The van der Waals surface area contributed by atoms with Crippen LogP contribution in [0.15, 0.2) is 91.0 Å². The number of imidazole rings is 1. The van der Waals surface area contributed by atoms with Crippen LogP contribution in [0.4, 0.5) is 52.7 Å². The monoisotopic (exact) mass is 1050 g/mol. The maximum absolute atomic E-state index is 14.1. The third-order valence-electron chi connectivity index (χ3n) is 13.0. The molecule has 366 valence electrons. The zero-order chi connectivity index (χ0) is 48.0. The molecule has 0 atom stereocenters. The molecule has 4 aromatic rings. The number of nitrogens with zero attached hydrogens (tertiary/aromatic N) is 2. The van der Waals surface area contributed by atoms with Crippen molar-refractivity contribution in [1.29, 1.82) is 0 Å². The summed E-state index contributed by atoms with van der Waals surface area (Å²) in [4.78, 5) is 0. The number of aromatic nitrogens is 2. The van der Waals surface area contributed by atoms with Crippen LogP contribution in [0.25, 0.3) is 22.5 Å². The first-order valence-electron chi connectivity index (χ1n) is 22.3. The second-order valence-corrected chi connectivity index (χ2v) is 22.4. The average molecular weight is 1050 g/mol. The van der Waals surface area contributed by atoms with Crippen LogP contribution < -0.4 is 0 Å². The topological polar surface area (TPSA) is 50.3 Å². The second-order valence-electron chi connectivity index (χ2n) is 17.5. The molecule has 3 saturated carbocycles. The molecule has 18 heteroatoms. The second kappa shape index (κ2) is 21.7. The maximum atomic E-state index is 14.1. The van der Waals surface area contributed by atoms with Crippen molar-refractivity contribution in [3.63, 3.8) is 0 Å². The van der Waals surface area contributed by atoms with Gasteiger partial charge in [-0.3, -0.25) is 0 Å². The molecule has 0 saturated heterocycles. The summed E-state index contributed by atoms with van der Waals surface area (Å²) in [5.41, 5.74) is -8.91.